The summed E-state index contributed by atoms with van der Waals surface area (Å²) in [6.07, 6.45) is -2.59. The molecular formula is C20H20FNO6. The number of rotatable bonds is 9. The average molecular weight is 389 g/mol. The van der Waals surface area contributed by atoms with Crippen LogP contribution in [0, 0.1) is 0 Å². The SMILES string of the molecule is CO/N=C/C(F)C(c1ccccc1C(=O)O)C(O)COC(=O)c1ccccc1. The lowest BCUT2D eigenvalue weighted by Crippen LogP contribution is -2.33. The van der Waals surface area contributed by atoms with Crippen LogP contribution in [0.5, 0.6) is 0 Å². The smallest absolute Gasteiger partial charge is 0.338 e. The second-order valence-corrected chi connectivity index (χ2v) is 5.83. The minimum absolute atomic E-state index is 0.0494. The number of oxime groups is 1. The van der Waals surface area contributed by atoms with Gasteiger partial charge in [-0.25, -0.2) is 14.0 Å². The van der Waals surface area contributed by atoms with Gasteiger partial charge in [-0.2, -0.15) is 0 Å². The maximum Gasteiger partial charge on any atom is 0.338 e. The molecule has 0 radical (unpaired) electrons. The minimum Gasteiger partial charge on any atom is -0.478 e. The van der Waals surface area contributed by atoms with Crippen molar-refractivity contribution in [3.8, 4) is 0 Å². The number of benzene rings is 2. The first-order valence-electron chi connectivity index (χ1n) is 8.39. The topological polar surface area (TPSA) is 105 Å². The molecule has 0 fully saturated rings. The van der Waals surface area contributed by atoms with E-state index in [1.165, 1.54) is 43.5 Å². The number of ether oxygens (including phenoxy) is 1. The number of alkyl halides is 1. The van der Waals surface area contributed by atoms with E-state index in [2.05, 4.69) is 9.99 Å². The molecule has 0 heterocycles. The fourth-order valence-electron chi connectivity index (χ4n) is 2.71. The third-order valence-corrected chi connectivity index (χ3v) is 4.01. The van der Waals surface area contributed by atoms with Crippen molar-refractivity contribution in [3.05, 3.63) is 71.3 Å². The lowest BCUT2D eigenvalue weighted by molar-refractivity contribution is 0.0131. The lowest BCUT2D eigenvalue weighted by Gasteiger charge is -2.25. The summed E-state index contributed by atoms with van der Waals surface area (Å²) in [6.45, 7) is -0.534. The highest BCUT2D eigenvalue weighted by molar-refractivity contribution is 5.90. The van der Waals surface area contributed by atoms with Crippen LogP contribution in [-0.4, -0.2) is 54.4 Å². The third-order valence-electron chi connectivity index (χ3n) is 4.01. The van der Waals surface area contributed by atoms with Gasteiger partial charge in [0.2, 0.25) is 0 Å². The quantitative estimate of drug-likeness (QED) is 0.388. The van der Waals surface area contributed by atoms with E-state index < -0.39 is 36.7 Å². The second-order valence-electron chi connectivity index (χ2n) is 5.83. The minimum atomic E-state index is -1.88. The van der Waals surface area contributed by atoms with E-state index in [0.717, 1.165) is 6.21 Å². The van der Waals surface area contributed by atoms with Crippen molar-refractivity contribution in [2.45, 2.75) is 18.2 Å². The first kappa shape index (κ1) is 21.0. The fourth-order valence-corrected chi connectivity index (χ4v) is 2.71. The standard InChI is InChI=1S/C20H20FNO6/c1-27-22-11-16(21)18(14-9-5-6-10-15(14)19(24)25)17(23)12-28-20(26)13-7-3-2-4-8-13/h2-11,16-18,23H,12H2,1H3,(H,24,25)/b22-11+. The molecule has 0 amide bonds. The van der Waals surface area contributed by atoms with Gasteiger partial charge >= 0.3 is 11.9 Å². The van der Waals surface area contributed by atoms with Crippen molar-refractivity contribution in [2.75, 3.05) is 13.7 Å². The highest BCUT2D eigenvalue weighted by Gasteiger charge is 2.33. The van der Waals surface area contributed by atoms with Crippen LogP contribution in [0.4, 0.5) is 4.39 Å². The summed E-state index contributed by atoms with van der Waals surface area (Å²) in [5.74, 6) is -3.30. The number of hydrogen-bond acceptors (Lipinski definition) is 6. The van der Waals surface area contributed by atoms with Gasteiger partial charge in [-0.1, -0.05) is 41.6 Å². The Morgan fingerprint density at radius 3 is 2.43 bits per heavy atom. The third kappa shape index (κ3) is 5.37. The van der Waals surface area contributed by atoms with Gasteiger partial charge in [-0.05, 0) is 23.8 Å². The van der Waals surface area contributed by atoms with Gasteiger partial charge < -0.3 is 19.8 Å². The molecule has 2 aromatic rings. The Morgan fingerprint density at radius 1 is 1.14 bits per heavy atom. The number of aromatic carboxylic acids is 1. The Bertz CT molecular complexity index is 826. The molecule has 0 aliphatic carbocycles. The van der Waals surface area contributed by atoms with E-state index >= 15 is 0 Å². The number of aliphatic hydroxyl groups excluding tert-OH is 1. The van der Waals surface area contributed by atoms with Crippen LogP contribution in [0.15, 0.2) is 59.8 Å². The van der Waals surface area contributed by atoms with E-state index in [4.69, 9.17) is 4.74 Å². The Kier molecular flexibility index (Phi) is 7.65. The maximum atomic E-state index is 14.8. The molecule has 2 N–H and O–H groups in total. The summed E-state index contributed by atoms with van der Waals surface area (Å²) in [5, 5.41) is 23.2. The first-order valence-corrected chi connectivity index (χ1v) is 8.39. The number of hydrogen-bond donors (Lipinski definition) is 2. The van der Waals surface area contributed by atoms with Crippen LogP contribution in [-0.2, 0) is 9.57 Å². The van der Waals surface area contributed by atoms with E-state index in [1.54, 1.807) is 18.2 Å². The zero-order chi connectivity index (χ0) is 20.5. The Balaban J connectivity index is 2.25. The molecular weight excluding hydrogens is 369 g/mol. The van der Waals surface area contributed by atoms with E-state index in [1.807, 2.05) is 0 Å². The summed E-state index contributed by atoms with van der Waals surface area (Å²) in [4.78, 5) is 28.0. The van der Waals surface area contributed by atoms with E-state index in [9.17, 15) is 24.2 Å². The zero-order valence-corrected chi connectivity index (χ0v) is 15.1. The number of aliphatic hydroxyl groups is 1. The molecule has 148 valence electrons. The first-order chi connectivity index (χ1) is 13.5. The lowest BCUT2D eigenvalue weighted by atomic mass is 9.86. The molecule has 28 heavy (non-hydrogen) atoms. The summed E-state index contributed by atoms with van der Waals surface area (Å²) < 4.78 is 19.8. The summed E-state index contributed by atoms with van der Waals surface area (Å²) in [6, 6.07) is 13.8. The van der Waals surface area contributed by atoms with Gasteiger partial charge in [0.05, 0.1) is 29.4 Å². The second kappa shape index (κ2) is 10.2. The fraction of sp³-hybridized carbons (Fsp3) is 0.250. The summed E-state index contributed by atoms with van der Waals surface area (Å²) in [7, 11) is 1.22. The van der Waals surface area contributed by atoms with Crippen LogP contribution in [0.3, 0.4) is 0 Å². The van der Waals surface area contributed by atoms with E-state index in [-0.39, 0.29) is 16.7 Å². The van der Waals surface area contributed by atoms with Gasteiger partial charge in [-0.15, -0.1) is 0 Å². The zero-order valence-electron chi connectivity index (χ0n) is 15.1. The highest BCUT2D eigenvalue weighted by atomic mass is 19.1. The van der Waals surface area contributed by atoms with Gasteiger partial charge in [0.1, 0.15) is 19.9 Å². The molecule has 2 rings (SSSR count). The Labute approximate surface area is 161 Å². The number of carboxylic acid groups (broad SMARTS) is 1. The molecule has 8 heteroatoms. The Morgan fingerprint density at radius 2 is 1.79 bits per heavy atom. The summed E-state index contributed by atoms with van der Waals surface area (Å²) in [5.41, 5.74) is 0.151. The highest BCUT2D eigenvalue weighted by Crippen LogP contribution is 2.29. The van der Waals surface area contributed by atoms with Crippen LogP contribution in [0.25, 0.3) is 0 Å². The summed E-state index contributed by atoms with van der Waals surface area (Å²) >= 11 is 0. The monoisotopic (exact) mass is 389 g/mol. The molecule has 0 bridgehead atoms. The van der Waals surface area contributed by atoms with Gasteiger partial charge in [0.15, 0.2) is 0 Å². The molecule has 3 unspecified atom stereocenters. The number of carboxylic acids is 1. The number of nitrogens with zero attached hydrogens (tertiary/aromatic N) is 1. The molecule has 0 saturated carbocycles. The van der Waals surface area contributed by atoms with Crippen molar-refractivity contribution in [2.24, 2.45) is 5.16 Å². The number of carbonyl (C=O) groups excluding carboxylic acids is 1. The van der Waals surface area contributed by atoms with Crippen LogP contribution < -0.4 is 0 Å². The molecule has 3 atom stereocenters. The molecule has 0 aromatic heterocycles. The molecule has 0 spiro atoms. The molecule has 0 aliphatic heterocycles. The van der Waals surface area contributed by atoms with E-state index in [0.29, 0.717) is 0 Å². The molecule has 0 saturated heterocycles. The van der Waals surface area contributed by atoms with Crippen molar-refractivity contribution in [1.82, 2.24) is 0 Å². The van der Waals surface area contributed by atoms with Gasteiger partial charge in [0.25, 0.3) is 0 Å². The molecule has 0 aliphatic rings. The van der Waals surface area contributed by atoms with Crippen LogP contribution in [0.2, 0.25) is 0 Å². The molecule has 7 nitrogen and oxygen atoms in total. The number of carbonyl (C=O) groups is 2. The normalized spacial score (nSPS) is 14.2. The Hall–Kier alpha value is -3.26. The maximum absolute atomic E-state index is 14.8. The van der Waals surface area contributed by atoms with Gasteiger partial charge in [0, 0.05) is 0 Å². The van der Waals surface area contributed by atoms with Crippen molar-refractivity contribution in [1.29, 1.82) is 0 Å². The van der Waals surface area contributed by atoms with Crippen molar-refractivity contribution in [3.63, 3.8) is 0 Å². The largest absolute Gasteiger partial charge is 0.478 e. The van der Waals surface area contributed by atoms with Crippen LogP contribution >= 0.6 is 0 Å². The predicted octanol–water partition coefficient (Wildman–Crippen LogP) is 2.66. The average Bonchev–Trinajstić information content (AvgIpc) is 2.71. The van der Waals surface area contributed by atoms with Crippen molar-refractivity contribution < 1.29 is 33.8 Å². The number of halogens is 1. The predicted molar refractivity (Wildman–Crippen MR) is 99.3 cm³/mol. The van der Waals surface area contributed by atoms with Crippen LogP contribution in [0.1, 0.15) is 32.2 Å². The molecule has 2 aromatic carbocycles. The van der Waals surface area contributed by atoms with Crippen molar-refractivity contribution >= 4 is 18.2 Å². The number of esters is 1. The van der Waals surface area contributed by atoms with Gasteiger partial charge in [-0.3, -0.25) is 0 Å².